The fourth-order valence-electron chi connectivity index (χ4n) is 0.931. The molecule has 0 aliphatic carbocycles. The van der Waals surface area contributed by atoms with Gasteiger partial charge in [-0.3, -0.25) is 0 Å². The normalized spacial score (nSPS) is 10.8. The number of aliphatic hydroxyl groups is 1. The summed E-state index contributed by atoms with van der Waals surface area (Å²) in [6, 6.07) is 3.62. The third kappa shape index (κ3) is 3.18. The quantitative estimate of drug-likeness (QED) is 0.760. The van der Waals surface area contributed by atoms with Crippen LogP contribution in [0.5, 0.6) is 0 Å². The summed E-state index contributed by atoms with van der Waals surface area (Å²) in [5.41, 5.74) is 0.211. The van der Waals surface area contributed by atoms with Crippen LogP contribution in [0.4, 0.5) is 5.82 Å². The molecule has 0 unspecified atom stereocenters. The van der Waals surface area contributed by atoms with Gasteiger partial charge in [-0.05, 0) is 6.07 Å². The molecular formula is C10H14N4O. The zero-order chi connectivity index (χ0) is 11.3. The number of rotatable bonds is 4. The highest BCUT2D eigenvalue weighted by molar-refractivity contribution is 5.50. The lowest BCUT2D eigenvalue weighted by Crippen LogP contribution is -2.27. The van der Waals surface area contributed by atoms with Crippen LogP contribution in [-0.4, -0.2) is 28.5 Å². The number of hydrogen-bond acceptors (Lipinski definition) is 5. The zero-order valence-electron chi connectivity index (χ0n) is 8.86. The molecule has 0 bridgehead atoms. The minimum atomic E-state index is -0.246. The molecule has 0 spiro atoms. The molecule has 0 saturated carbocycles. The van der Waals surface area contributed by atoms with Crippen molar-refractivity contribution in [3.05, 3.63) is 17.8 Å². The number of nitriles is 1. The summed E-state index contributed by atoms with van der Waals surface area (Å²) in [5, 5.41) is 28.4. The molecule has 0 fully saturated rings. The summed E-state index contributed by atoms with van der Waals surface area (Å²) in [6.07, 6.45) is 1.47. The molecule has 0 aliphatic rings. The van der Waals surface area contributed by atoms with E-state index in [1.165, 1.54) is 6.20 Å². The van der Waals surface area contributed by atoms with Crippen LogP contribution in [0.1, 0.15) is 19.4 Å². The lowest BCUT2D eigenvalue weighted by Gasteiger charge is -2.22. The predicted molar refractivity (Wildman–Crippen MR) is 56.1 cm³/mol. The summed E-state index contributed by atoms with van der Waals surface area (Å²) in [6.45, 7) is 4.45. The Kier molecular flexibility index (Phi) is 3.58. The first-order chi connectivity index (χ1) is 7.09. The highest BCUT2D eigenvalue weighted by Gasteiger charge is 2.17. The number of aromatic nitrogens is 2. The summed E-state index contributed by atoms with van der Waals surface area (Å²) in [5.74, 6) is 0.460. The smallest absolute Gasteiger partial charge is 0.166 e. The monoisotopic (exact) mass is 206 g/mol. The topological polar surface area (TPSA) is 81.8 Å². The fourth-order valence-corrected chi connectivity index (χ4v) is 0.931. The molecule has 0 atom stereocenters. The Morgan fingerprint density at radius 3 is 2.93 bits per heavy atom. The van der Waals surface area contributed by atoms with Crippen LogP contribution in [0.3, 0.4) is 0 Å². The molecule has 1 aromatic heterocycles. The van der Waals surface area contributed by atoms with Crippen molar-refractivity contribution >= 4 is 5.82 Å². The van der Waals surface area contributed by atoms with Crippen LogP contribution in [0.2, 0.25) is 0 Å². The predicted octanol–water partition coefficient (Wildman–Crippen LogP) is 0.779. The summed E-state index contributed by atoms with van der Waals surface area (Å²) < 4.78 is 0. The van der Waals surface area contributed by atoms with Gasteiger partial charge >= 0.3 is 0 Å². The molecule has 0 amide bonds. The molecule has 0 radical (unpaired) electrons. The molecule has 1 rings (SSSR count). The maximum atomic E-state index is 9.06. The van der Waals surface area contributed by atoms with Gasteiger partial charge < -0.3 is 10.4 Å². The average Bonchev–Trinajstić information content (AvgIpc) is 2.27. The summed E-state index contributed by atoms with van der Waals surface area (Å²) in [7, 11) is 0. The molecule has 5 nitrogen and oxygen atoms in total. The molecule has 1 aromatic rings. The number of hydrogen-bond donors (Lipinski definition) is 2. The minimum Gasteiger partial charge on any atom is -0.396 e. The number of nitrogens with zero attached hydrogens (tertiary/aromatic N) is 3. The molecule has 0 aromatic carbocycles. The van der Waals surface area contributed by atoms with Crippen LogP contribution in [0.25, 0.3) is 0 Å². The third-order valence-corrected chi connectivity index (χ3v) is 2.00. The fraction of sp³-hybridized carbons (Fsp3) is 0.500. The van der Waals surface area contributed by atoms with Crippen LogP contribution in [0, 0.1) is 16.7 Å². The second kappa shape index (κ2) is 4.71. The largest absolute Gasteiger partial charge is 0.396 e. The van der Waals surface area contributed by atoms with E-state index in [4.69, 9.17) is 10.4 Å². The lowest BCUT2D eigenvalue weighted by molar-refractivity contribution is 0.170. The first kappa shape index (κ1) is 11.4. The van der Waals surface area contributed by atoms with E-state index in [-0.39, 0.29) is 12.0 Å². The van der Waals surface area contributed by atoms with E-state index in [1.54, 1.807) is 6.07 Å². The Hall–Kier alpha value is -1.67. The van der Waals surface area contributed by atoms with Crippen LogP contribution in [-0.2, 0) is 0 Å². The van der Waals surface area contributed by atoms with Gasteiger partial charge in [0.15, 0.2) is 5.82 Å². The Balaban J connectivity index is 2.70. The van der Waals surface area contributed by atoms with E-state index < -0.39 is 0 Å². The van der Waals surface area contributed by atoms with Crippen molar-refractivity contribution in [1.29, 1.82) is 5.26 Å². The van der Waals surface area contributed by atoms with Crippen molar-refractivity contribution in [2.45, 2.75) is 13.8 Å². The highest BCUT2D eigenvalue weighted by Crippen LogP contribution is 2.16. The van der Waals surface area contributed by atoms with Gasteiger partial charge in [-0.15, -0.1) is 5.10 Å². The number of anilines is 1. The van der Waals surface area contributed by atoms with Crippen molar-refractivity contribution in [1.82, 2.24) is 10.2 Å². The maximum absolute atomic E-state index is 9.06. The van der Waals surface area contributed by atoms with Crippen LogP contribution in [0.15, 0.2) is 12.3 Å². The molecule has 1 heterocycles. The zero-order valence-corrected chi connectivity index (χ0v) is 8.86. The average molecular weight is 206 g/mol. The van der Waals surface area contributed by atoms with E-state index in [1.807, 2.05) is 19.9 Å². The van der Waals surface area contributed by atoms with Gasteiger partial charge in [0.1, 0.15) is 6.07 Å². The van der Waals surface area contributed by atoms with Gasteiger partial charge in [-0.25, -0.2) is 0 Å². The van der Waals surface area contributed by atoms with E-state index in [0.29, 0.717) is 17.9 Å². The van der Waals surface area contributed by atoms with Gasteiger partial charge in [0.2, 0.25) is 0 Å². The van der Waals surface area contributed by atoms with Gasteiger partial charge in [0, 0.05) is 18.6 Å². The van der Waals surface area contributed by atoms with Crippen molar-refractivity contribution in [2.24, 2.45) is 5.41 Å². The lowest BCUT2D eigenvalue weighted by atomic mass is 9.95. The third-order valence-electron chi connectivity index (χ3n) is 2.00. The van der Waals surface area contributed by atoms with Crippen LogP contribution >= 0.6 is 0 Å². The maximum Gasteiger partial charge on any atom is 0.166 e. The van der Waals surface area contributed by atoms with Crippen molar-refractivity contribution < 1.29 is 5.11 Å². The molecule has 15 heavy (non-hydrogen) atoms. The SMILES string of the molecule is CC(C)(CO)CNc1nnccc1C#N. The molecule has 2 N–H and O–H groups in total. The van der Waals surface area contributed by atoms with Crippen molar-refractivity contribution in [3.63, 3.8) is 0 Å². The molecule has 80 valence electrons. The van der Waals surface area contributed by atoms with Gasteiger partial charge in [-0.1, -0.05) is 13.8 Å². The molecule has 0 saturated heterocycles. The second-order valence-electron chi connectivity index (χ2n) is 4.08. The van der Waals surface area contributed by atoms with Crippen molar-refractivity contribution in [2.75, 3.05) is 18.5 Å². The summed E-state index contributed by atoms with van der Waals surface area (Å²) >= 11 is 0. The van der Waals surface area contributed by atoms with Crippen LogP contribution < -0.4 is 5.32 Å². The van der Waals surface area contributed by atoms with Gasteiger partial charge in [0.25, 0.3) is 0 Å². The van der Waals surface area contributed by atoms with E-state index in [2.05, 4.69) is 15.5 Å². The summed E-state index contributed by atoms with van der Waals surface area (Å²) in [4.78, 5) is 0. The van der Waals surface area contributed by atoms with E-state index >= 15 is 0 Å². The van der Waals surface area contributed by atoms with E-state index in [9.17, 15) is 0 Å². The van der Waals surface area contributed by atoms with Gasteiger partial charge in [-0.2, -0.15) is 10.4 Å². The number of aliphatic hydroxyl groups excluding tert-OH is 1. The standard InChI is InChI=1S/C10H14N4O/c1-10(2,7-15)6-12-9-8(5-11)3-4-13-14-9/h3-4,15H,6-7H2,1-2H3,(H,12,14). The van der Waals surface area contributed by atoms with Crippen molar-refractivity contribution in [3.8, 4) is 6.07 Å². The molecule has 0 aliphatic heterocycles. The highest BCUT2D eigenvalue weighted by atomic mass is 16.3. The Morgan fingerprint density at radius 2 is 2.33 bits per heavy atom. The number of nitrogens with one attached hydrogen (secondary N) is 1. The first-order valence-electron chi connectivity index (χ1n) is 4.65. The Labute approximate surface area is 88.8 Å². The second-order valence-corrected chi connectivity index (χ2v) is 4.08. The Bertz CT molecular complexity index is 370. The Morgan fingerprint density at radius 1 is 1.60 bits per heavy atom. The first-order valence-corrected chi connectivity index (χ1v) is 4.65. The van der Waals surface area contributed by atoms with Gasteiger partial charge in [0.05, 0.1) is 11.8 Å². The minimum absolute atomic E-state index is 0.0716. The van der Waals surface area contributed by atoms with E-state index in [0.717, 1.165) is 0 Å². The molecular weight excluding hydrogens is 192 g/mol. The molecule has 5 heteroatoms.